The van der Waals surface area contributed by atoms with Gasteiger partial charge in [-0.25, -0.2) is 0 Å². The Morgan fingerprint density at radius 1 is 1.04 bits per heavy atom. The number of benzene rings is 2. The lowest BCUT2D eigenvalue weighted by Gasteiger charge is -2.33. The molecule has 0 aromatic heterocycles. The van der Waals surface area contributed by atoms with Crippen LogP contribution in [0.5, 0.6) is 0 Å². The van der Waals surface area contributed by atoms with Gasteiger partial charge in [0.15, 0.2) is 0 Å². The highest BCUT2D eigenvalue weighted by Crippen LogP contribution is 2.29. The fourth-order valence-corrected chi connectivity index (χ4v) is 3.27. The predicted molar refractivity (Wildman–Crippen MR) is 93.1 cm³/mol. The molecule has 3 rings (SSSR count). The van der Waals surface area contributed by atoms with E-state index in [-0.39, 0.29) is 5.91 Å². The van der Waals surface area contributed by atoms with E-state index in [4.69, 9.17) is 5.73 Å². The molecule has 23 heavy (non-hydrogen) atoms. The van der Waals surface area contributed by atoms with Crippen LogP contribution in [0.1, 0.15) is 41.5 Å². The molecule has 0 saturated carbocycles. The molecule has 0 spiro atoms. The zero-order valence-corrected chi connectivity index (χ0v) is 13.6. The smallest absolute Gasteiger partial charge is 0.244 e. The highest BCUT2D eigenvalue weighted by Gasteiger charge is 2.27. The normalized spacial score (nSPS) is 17.0. The van der Waals surface area contributed by atoms with Gasteiger partial charge in [0, 0.05) is 13.1 Å². The van der Waals surface area contributed by atoms with Crippen molar-refractivity contribution in [2.75, 3.05) is 13.1 Å². The molecule has 1 heterocycles. The maximum atomic E-state index is 12.6. The number of piperidine rings is 1. The van der Waals surface area contributed by atoms with E-state index in [9.17, 15) is 4.79 Å². The first-order valence-corrected chi connectivity index (χ1v) is 8.31. The van der Waals surface area contributed by atoms with E-state index >= 15 is 0 Å². The minimum Gasteiger partial charge on any atom is -0.341 e. The minimum atomic E-state index is -0.549. The Balaban J connectivity index is 1.60. The monoisotopic (exact) mass is 308 g/mol. The largest absolute Gasteiger partial charge is 0.341 e. The second kappa shape index (κ2) is 6.97. The van der Waals surface area contributed by atoms with Crippen LogP contribution in [0.25, 0.3) is 0 Å². The molecule has 1 aliphatic rings. The summed E-state index contributed by atoms with van der Waals surface area (Å²) in [4.78, 5) is 14.5. The molecule has 2 N–H and O–H groups in total. The number of hydrogen-bond donors (Lipinski definition) is 1. The molecule has 2 aromatic rings. The Morgan fingerprint density at radius 3 is 2.26 bits per heavy atom. The molecule has 1 amide bonds. The highest BCUT2D eigenvalue weighted by molar-refractivity contribution is 5.83. The van der Waals surface area contributed by atoms with Gasteiger partial charge in [0.2, 0.25) is 5.91 Å². The molecule has 3 nitrogen and oxygen atoms in total. The molecule has 1 aliphatic heterocycles. The van der Waals surface area contributed by atoms with Gasteiger partial charge >= 0.3 is 0 Å². The summed E-state index contributed by atoms with van der Waals surface area (Å²) in [6.45, 7) is 3.69. The highest BCUT2D eigenvalue weighted by atomic mass is 16.2. The number of nitrogens with two attached hydrogens (primary N) is 1. The summed E-state index contributed by atoms with van der Waals surface area (Å²) in [5.74, 6) is 0.589. The maximum Gasteiger partial charge on any atom is 0.244 e. The van der Waals surface area contributed by atoms with E-state index < -0.39 is 6.04 Å². The van der Waals surface area contributed by atoms with Gasteiger partial charge in [-0.2, -0.15) is 0 Å². The molecule has 3 heteroatoms. The van der Waals surface area contributed by atoms with Crippen LogP contribution in [-0.4, -0.2) is 23.9 Å². The van der Waals surface area contributed by atoms with Crippen LogP contribution in [0, 0.1) is 6.92 Å². The van der Waals surface area contributed by atoms with E-state index in [1.807, 2.05) is 35.2 Å². The third-order valence-electron chi connectivity index (χ3n) is 4.78. The maximum absolute atomic E-state index is 12.6. The van der Waals surface area contributed by atoms with Gasteiger partial charge in [0.25, 0.3) is 0 Å². The van der Waals surface area contributed by atoms with E-state index in [0.717, 1.165) is 31.5 Å². The van der Waals surface area contributed by atoms with Gasteiger partial charge in [-0.1, -0.05) is 60.2 Å². The van der Waals surface area contributed by atoms with Crippen molar-refractivity contribution in [1.29, 1.82) is 0 Å². The first-order valence-electron chi connectivity index (χ1n) is 8.31. The molecule has 1 saturated heterocycles. The molecule has 2 aromatic carbocycles. The van der Waals surface area contributed by atoms with Crippen molar-refractivity contribution in [2.45, 2.75) is 31.7 Å². The third-order valence-corrected chi connectivity index (χ3v) is 4.78. The van der Waals surface area contributed by atoms with Crippen LogP contribution in [0.3, 0.4) is 0 Å². The molecule has 0 bridgehead atoms. The number of rotatable bonds is 3. The average Bonchev–Trinajstić information content (AvgIpc) is 2.62. The number of nitrogens with zero attached hydrogens (tertiary/aromatic N) is 1. The Morgan fingerprint density at radius 2 is 1.65 bits per heavy atom. The fraction of sp³-hybridized carbons (Fsp3) is 0.350. The van der Waals surface area contributed by atoms with Crippen LogP contribution in [0.15, 0.2) is 54.6 Å². The first-order chi connectivity index (χ1) is 11.1. The summed E-state index contributed by atoms with van der Waals surface area (Å²) in [5.41, 5.74) is 9.70. The lowest BCUT2D eigenvalue weighted by atomic mass is 9.88. The predicted octanol–water partition coefficient (Wildman–Crippen LogP) is 3.40. The molecule has 1 fully saturated rings. The third kappa shape index (κ3) is 3.62. The summed E-state index contributed by atoms with van der Waals surface area (Å²) in [6.07, 6.45) is 2.02. The van der Waals surface area contributed by atoms with Crippen molar-refractivity contribution in [2.24, 2.45) is 5.73 Å². The molecule has 1 atom stereocenters. The average molecular weight is 308 g/mol. The van der Waals surface area contributed by atoms with Crippen LogP contribution < -0.4 is 5.73 Å². The number of carbonyl (C=O) groups excluding carboxylic acids is 1. The zero-order chi connectivity index (χ0) is 16.2. The lowest BCUT2D eigenvalue weighted by Crippen LogP contribution is -2.42. The lowest BCUT2D eigenvalue weighted by molar-refractivity contribution is -0.133. The standard InChI is InChI=1S/C20H24N2O/c1-15-7-9-16(10-8-15)17-11-13-22(14-12-17)20(23)19(21)18-5-3-2-4-6-18/h2-10,17,19H,11-14,21H2,1H3/t19-/m0/s1. The number of amides is 1. The quantitative estimate of drug-likeness (QED) is 0.944. The summed E-state index contributed by atoms with van der Waals surface area (Å²) in [6, 6.07) is 17.8. The van der Waals surface area contributed by atoms with Crippen molar-refractivity contribution < 1.29 is 4.79 Å². The molecular formula is C20H24N2O. The second-order valence-electron chi connectivity index (χ2n) is 6.40. The summed E-state index contributed by atoms with van der Waals surface area (Å²) >= 11 is 0. The SMILES string of the molecule is Cc1ccc(C2CCN(C(=O)[C@@H](N)c3ccccc3)CC2)cc1. The van der Waals surface area contributed by atoms with E-state index in [1.165, 1.54) is 11.1 Å². The number of carbonyl (C=O) groups is 1. The summed E-state index contributed by atoms with van der Waals surface area (Å²) < 4.78 is 0. The topological polar surface area (TPSA) is 46.3 Å². The number of aryl methyl sites for hydroxylation is 1. The van der Waals surface area contributed by atoms with E-state index in [1.54, 1.807) is 0 Å². The van der Waals surface area contributed by atoms with Crippen molar-refractivity contribution in [1.82, 2.24) is 4.90 Å². The van der Waals surface area contributed by atoms with Crippen molar-refractivity contribution in [3.8, 4) is 0 Å². The molecule has 120 valence electrons. The fourth-order valence-electron chi connectivity index (χ4n) is 3.27. The second-order valence-corrected chi connectivity index (χ2v) is 6.40. The van der Waals surface area contributed by atoms with Gasteiger partial charge in [0.05, 0.1) is 0 Å². The van der Waals surface area contributed by atoms with Crippen LogP contribution in [0.2, 0.25) is 0 Å². The van der Waals surface area contributed by atoms with Gasteiger partial charge in [0.1, 0.15) is 6.04 Å². The van der Waals surface area contributed by atoms with Crippen molar-refractivity contribution in [3.05, 3.63) is 71.3 Å². The van der Waals surface area contributed by atoms with E-state index in [0.29, 0.717) is 5.92 Å². The van der Waals surface area contributed by atoms with E-state index in [2.05, 4.69) is 31.2 Å². The Kier molecular flexibility index (Phi) is 4.77. The van der Waals surface area contributed by atoms with Crippen molar-refractivity contribution >= 4 is 5.91 Å². The molecule has 0 aliphatic carbocycles. The zero-order valence-electron chi connectivity index (χ0n) is 13.6. The van der Waals surface area contributed by atoms with Gasteiger partial charge in [-0.15, -0.1) is 0 Å². The van der Waals surface area contributed by atoms with Crippen molar-refractivity contribution in [3.63, 3.8) is 0 Å². The Hall–Kier alpha value is -2.13. The van der Waals surface area contributed by atoms with Gasteiger partial charge in [-0.05, 0) is 36.8 Å². The first kappa shape index (κ1) is 15.8. The Labute approximate surface area is 138 Å². The number of likely N-dealkylation sites (tertiary alicyclic amines) is 1. The summed E-state index contributed by atoms with van der Waals surface area (Å²) in [5, 5.41) is 0. The van der Waals surface area contributed by atoms with Crippen LogP contribution in [-0.2, 0) is 4.79 Å². The minimum absolute atomic E-state index is 0.0403. The molecule has 0 unspecified atom stereocenters. The van der Waals surface area contributed by atoms with Gasteiger partial charge < -0.3 is 10.6 Å². The Bertz CT molecular complexity index is 643. The molecule has 0 radical (unpaired) electrons. The summed E-state index contributed by atoms with van der Waals surface area (Å²) in [7, 11) is 0. The van der Waals surface area contributed by atoms with Crippen LogP contribution in [0.4, 0.5) is 0 Å². The van der Waals surface area contributed by atoms with Gasteiger partial charge in [-0.3, -0.25) is 4.79 Å². The molecular weight excluding hydrogens is 284 g/mol. The number of hydrogen-bond acceptors (Lipinski definition) is 2. The van der Waals surface area contributed by atoms with Crippen LogP contribution >= 0.6 is 0 Å².